The molecule has 4 N–H and O–H groups in total. The second-order valence-electron chi connectivity index (χ2n) is 5.68. The first kappa shape index (κ1) is 20.1. The van der Waals surface area contributed by atoms with Crippen molar-refractivity contribution >= 4 is 17.6 Å². The van der Waals surface area contributed by atoms with Crippen LogP contribution in [0.25, 0.3) is 0 Å². The molecule has 0 fully saturated rings. The highest BCUT2D eigenvalue weighted by Gasteiger charge is 2.07. The number of carbonyl (C=O) groups excluding carboxylic acids is 1. The van der Waals surface area contributed by atoms with E-state index in [2.05, 4.69) is 15.6 Å². The Hall–Kier alpha value is -3.22. The molecular formula is C20H26N4O3. The Labute approximate surface area is 159 Å². The van der Waals surface area contributed by atoms with Crippen molar-refractivity contribution in [3.8, 4) is 11.5 Å². The van der Waals surface area contributed by atoms with Gasteiger partial charge in [-0.05, 0) is 43.7 Å². The van der Waals surface area contributed by atoms with E-state index in [1.54, 1.807) is 19.2 Å². The fourth-order valence-electron chi connectivity index (χ4n) is 2.41. The van der Waals surface area contributed by atoms with Gasteiger partial charge in [0.2, 0.25) is 5.91 Å². The van der Waals surface area contributed by atoms with Crippen molar-refractivity contribution in [2.75, 3.05) is 25.6 Å². The van der Waals surface area contributed by atoms with Gasteiger partial charge in [0.05, 0.1) is 20.3 Å². The van der Waals surface area contributed by atoms with Crippen molar-refractivity contribution < 1.29 is 14.3 Å². The van der Waals surface area contributed by atoms with E-state index >= 15 is 0 Å². The van der Waals surface area contributed by atoms with Gasteiger partial charge in [0.1, 0.15) is 0 Å². The molecule has 0 aliphatic heterocycles. The molecule has 0 bridgehead atoms. The highest BCUT2D eigenvalue weighted by atomic mass is 16.5. The largest absolute Gasteiger partial charge is 0.493 e. The molecular weight excluding hydrogens is 344 g/mol. The summed E-state index contributed by atoms with van der Waals surface area (Å²) in [5, 5.41) is 6.45. The molecule has 1 amide bonds. The SMILES string of the molecule is CCNC(=NCc1ccc(C(N)=O)cc1)Nc1ccc(OCC)c(OC)c1. The van der Waals surface area contributed by atoms with Gasteiger partial charge in [0, 0.05) is 23.9 Å². The summed E-state index contributed by atoms with van der Waals surface area (Å²) >= 11 is 0. The van der Waals surface area contributed by atoms with Gasteiger partial charge in [0.25, 0.3) is 0 Å². The number of ether oxygens (including phenoxy) is 2. The zero-order chi connectivity index (χ0) is 19.6. The fraction of sp³-hybridized carbons (Fsp3) is 0.300. The maximum absolute atomic E-state index is 11.1. The zero-order valence-corrected chi connectivity index (χ0v) is 15.9. The fourth-order valence-corrected chi connectivity index (χ4v) is 2.41. The molecule has 2 rings (SSSR count). The molecule has 0 radical (unpaired) electrons. The van der Waals surface area contributed by atoms with E-state index < -0.39 is 5.91 Å². The van der Waals surface area contributed by atoms with Crippen molar-refractivity contribution in [3.63, 3.8) is 0 Å². The number of primary amides is 1. The Morgan fingerprint density at radius 1 is 1.11 bits per heavy atom. The van der Waals surface area contributed by atoms with E-state index in [1.807, 2.05) is 44.2 Å². The smallest absolute Gasteiger partial charge is 0.248 e. The molecule has 7 nitrogen and oxygen atoms in total. The van der Waals surface area contributed by atoms with E-state index in [-0.39, 0.29) is 0 Å². The normalized spacial score (nSPS) is 11.0. The topological polar surface area (TPSA) is 98.0 Å². The van der Waals surface area contributed by atoms with Gasteiger partial charge in [-0.15, -0.1) is 0 Å². The molecule has 0 unspecified atom stereocenters. The minimum atomic E-state index is -0.440. The Balaban J connectivity index is 2.12. The second kappa shape index (κ2) is 10.1. The van der Waals surface area contributed by atoms with Crippen molar-refractivity contribution in [2.45, 2.75) is 20.4 Å². The van der Waals surface area contributed by atoms with Gasteiger partial charge < -0.3 is 25.8 Å². The van der Waals surface area contributed by atoms with Gasteiger partial charge in [0.15, 0.2) is 17.5 Å². The summed E-state index contributed by atoms with van der Waals surface area (Å²) in [5.41, 5.74) is 7.55. The number of anilines is 1. The highest BCUT2D eigenvalue weighted by Crippen LogP contribution is 2.30. The number of methoxy groups -OCH3 is 1. The summed E-state index contributed by atoms with van der Waals surface area (Å²) in [7, 11) is 1.61. The summed E-state index contributed by atoms with van der Waals surface area (Å²) in [4.78, 5) is 15.7. The van der Waals surface area contributed by atoms with Crippen LogP contribution in [0.5, 0.6) is 11.5 Å². The van der Waals surface area contributed by atoms with Crippen molar-refractivity contribution in [1.29, 1.82) is 0 Å². The lowest BCUT2D eigenvalue weighted by atomic mass is 10.1. The van der Waals surface area contributed by atoms with Crippen LogP contribution in [0.4, 0.5) is 5.69 Å². The maximum Gasteiger partial charge on any atom is 0.248 e. The summed E-state index contributed by atoms with van der Waals surface area (Å²) in [6.07, 6.45) is 0. The first-order chi connectivity index (χ1) is 13.1. The zero-order valence-electron chi connectivity index (χ0n) is 15.9. The average molecular weight is 370 g/mol. The summed E-state index contributed by atoms with van der Waals surface area (Å²) in [6.45, 7) is 5.68. The number of guanidine groups is 1. The molecule has 0 saturated heterocycles. The number of hydrogen-bond donors (Lipinski definition) is 3. The minimum Gasteiger partial charge on any atom is -0.493 e. The van der Waals surface area contributed by atoms with Crippen LogP contribution in [-0.4, -0.2) is 32.1 Å². The number of nitrogens with one attached hydrogen (secondary N) is 2. The Morgan fingerprint density at radius 3 is 2.44 bits per heavy atom. The number of amides is 1. The molecule has 0 saturated carbocycles. The van der Waals surface area contributed by atoms with E-state index in [9.17, 15) is 4.79 Å². The molecule has 0 aliphatic carbocycles. The molecule has 2 aromatic carbocycles. The predicted octanol–water partition coefficient (Wildman–Crippen LogP) is 2.77. The maximum atomic E-state index is 11.1. The molecule has 0 heterocycles. The molecule has 0 aromatic heterocycles. The lowest BCUT2D eigenvalue weighted by Gasteiger charge is -2.14. The number of aliphatic imine (C=N–C) groups is 1. The van der Waals surface area contributed by atoms with E-state index in [4.69, 9.17) is 15.2 Å². The highest BCUT2D eigenvalue weighted by molar-refractivity contribution is 5.94. The first-order valence-electron chi connectivity index (χ1n) is 8.82. The summed E-state index contributed by atoms with van der Waals surface area (Å²) in [5.74, 6) is 1.55. The van der Waals surface area contributed by atoms with Crippen LogP contribution in [0.15, 0.2) is 47.5 Å². The van der Waals surface area contributed by atoms with Crippen LogP contribution in [0.2, 0.25) is 0 Å². The van der Waals surface area contributed by atoms with Crippen LogP contribution in [0.3, 0.4) is 0 Å². The lowest BCUT2D eigenvalue weighted by molar-refractivity contribution is 0.100. The first-order valence-corrected chi connectivity index (χ1v) is 8.82. The minimum absolute atomic E-state index is 0.440. The molecule has 0 aliphatic rings. The molecule has 0 atom stereocenters. The van der Waals surface area contributed by atoms with Crippen molar-refractivity contribution in [1.82, 2.24) is 5.32 Å². The molecule has 2 aromatic rings. The molecule has 144 valence electrons. The van der Waals surface area contributed by atoms with Gasteiger partial charge in [-0.3, -0.25) is 4.79 Å². The van der Waals surface area contributed by atoms with Crippen LogP contribution < -0.4 is 25.8 Å². The van der Waals surface area contributed by atoms with Gasteiger partial charge in [-0.25, -0.2) is 4.99 Å². The standard InChI is InChI=1S/C20H26N4O3/c1-4-22-20(23-13-14-6-8-15(9-7-14)19(21)25)24-16-10-11-17(27-5-2)18(12-16)26-3/h6-12H,4-5,13H2,1-3H3,(H2,21,25)(H2,22,23,24). The van der Waals surface area contributed by atoms with Crippen LogP contribution in [-0.2, 0) is 6.54 Å². The molecule has 27 heavy (non-hydrogen) atoms. The number of rotatable bonds is 8. The van der Waals surface area contributed by atoms with Crippen LogP contribution in [0, 0.1) is 0 Å². The van der Waals surface area contributed by atoms with E-state index in [0.717, 1.165) is 17.8 Å². The third-order valence-corrected chi connectivity index (χ3v) is 3.73. The third kappa shape index (κ3) is 5.91. The monoisotopic (exact) mass is 370 g/mol. The number of carbonyl (C=O) groups is 1. The quantitative estimate of drug-likeness (QED) is 0.490. The number of hydrogen-bond acceptors (Lipinski definition) is 4. The van der Waals surface area contributed by atoms with E-state index in [1.165, 1.54) is 0 Å². The van der Waals surface area contributed by atoms with Crippen molar-refractivity contribution in [3.05, 3.63) is 53.6 Å². The van der Waals surface area contributed by atoms with Crippen LogP contribution in [0.1, 0.15) is 29.8 Å². The van der Waals surface area contributed by atoms with Gasteiger partial charge in [-0.1, -0.05) is 12.1 Å². The number of benzene rings is 2. The van der Waals surface area contributed by atoms with Gasteiger partial charge in [-0.2, -0.15) is 0 Å². The molecule has 0 spiro atoms. The Bertz CT molecular complexity index is 788. The number of nitrogens with two attached hydrogens (primary N) is 1. The summed E-state index contributed by atoms with van der Waals surface area (Å²) in [6, 6.07) is 12.7. The average Bonchev–Trinajstić information content (AvgIpc) is 2.68. The third-order valence-electron chi connectivity index (χ3n) is 3.73. The Morgan fingerprint density at radius 2 is 1.85 bits per heavy atom. The number of nitrogens with zero attached hydrogens (tertiary/aromatic N) is 1. The predicted molar refractivity (Wildman–Crippen MR) is 108 cm³/mol. The van der Waals surface area contributed by atoms with Crippen LogP contribution >= 0.6 is 0 Å². The van der Waals surface area contributed by atoms with E-state index in [0.29, 0.717) is 36.2 Å². The molecule has 7 heteroatoms. The second-order valence-corrected chi connectivity index (χ2v) is 5.68. The van der Waals surface area contributed by atoms with Crippen molar-refractivity contribution in [2.24, 2.45) is 10.7 Å². The lowest BCUT2D eigenvalue weighted by Crippen LogP contribution is -2.30. The summed E-state index contributed by atoms with van der Waals surface area (Å²) < 4.78 is 10.9. The Kier molecular flexibility index (Phi) is 7.49. The van der Waals surface area contributed by atoms with Gasteiger partial charge >= 0.3 is 0 Å².